The Kier molecular flexibility index (Phi) is 11.3. The number of amides is 1. The van der Waals surface area contributed by atoms with E-state index in [1.165, 1.54) is 28.4 Å². The van der Waals surface area contributed by atoms with E-state index in [1.54, 1.807) is 23.1 Å². The van der Waals surface area contributed by atoms with Gasteiger partial charge in [-0.15, -0.1) is 0 Å². The molecule has 0 spiro atoms. The molecule has 6 heteroatoms. The maximum Gasteiger partial charge on any atom is 0.282 e. The molecule has 0 aliphatic carbocycles. The van der Waals surface area contributed by atoms with E-state index in [1.807, 2.05) is 0 Å². The standard InChI is InChI=1S/C10H12Cl3NOS/c11-4-1-7-14(8-2-5-12)10(15)16-9-3-6-13/h1-6H,7-9H2. The topological polar surface area (TPSA) is 20.3 Å². The largest absolute Gasteiger partial charge is 0.326 e. The molecule has 0 atom stereocenters. The summed E-state index contributed by atoms with van der Waals surface area (Å²) < 4.78 is 0. The molecule has 90 valence electrons. The van der Waals surface area contributed by atoms with Gasteiger partial charge in [-0.3, -0.25) is 4.79 Å². The SMILES string of the molecule is O=C(SCC=CCl)N(CC=CCl)CC=CCl. The Labute approximate surface area is 115 Å². The lowest BCUT2D eigenvalue weighted by molar-refractivity contribution is 0.233. The normalized spacial score (nSPS) is 11.9. The van der Waals surface area contributed by atoms with Crippen molar-refractivity contribution in [3.8, 4) is 0 Å². The van der Waals surface area contributed by atoms with Crippen molar-refractivity contribution in [1.29, 1.82) is 0 Å². The highest BCUT2D eigenvalue weighted by Crippen LogP contribution is 2.10. The van der Waals surface area contributed by atoms with Crippen molar-refractivity contribution in [3.63, 3.8) is 0 Å². The molecule has 0 fully saturated rings. The first-order valence-electron chi connectivity index (χ1n) is 4.43. The molecule has 0 saturated carbocycles. The minimum atomic E-state index is -0.0423. The second-order valence-electron chi connectivity index (χ2n) is 2.57. The van der Waals surface area contributed by atoms with Crippen LogP contribution in [0, 0.1) is 0 Å². The molecule has 0 heterocycles. The molecule has 0 aliphatic rings. The molecule has 0 unspecified atom stereocenters. The fraction of sp³-hybridized carbons (Fsp3) is 0.300. The first kappa shape index (κ1) is 15.9. The Morgan fingerprint density at radius 1 is 1.00 bits per heavy atom. The Hall–Kier alpha value is -0.0900. The van der Waals surface area contributed by atoms with Crippen LogP contribution in [0.5, 0.6) is 0 Å². The summed E-state index contributed by atoms with van der Waals surface area (Å²) in [4.78, 5) is 13.3. The molecule has 16 heavy (non-hydrogen) atoms. The number of hydrogen-bond donors (Lipinski definition) is 0. The van der Waals surface area contributed by atoms with Crippen LogP contribution in [0.2, 0.25) is 0 Å². The van der Waals surface area contributed by atoms with Gasteiger partial charge >= 0.3 is 0 Å². The van der Waals surface area contributed by atoms with Gasteiger partial charge in [-0.25, -0.2) is 0 Å². The molecule has 1 amide bonds. The van der Waals surface area contributed by atoms with Gasteiger partial charge in [0.25, 0.3) is 5.24 Å². The summed E-state index contributed by atoms with van der Waals surface area (Å²) in [6, 6.07) is 0. The highest BCUT2D eigenvalue weighted by Gasteiger charge is 2.10. The lowest BCUT2D eigenvalue weighted by Gasteiger charge is -2.17. The van der Waals surface area contributed by atoms with E-state index in [-0.39, 0.29) is 5.24 Å². The molecular formula is C10H12Cl3NOS. The van der Waals surface area contributed by atoms with Gasteiger partial charge in [0, 0.05) is 35.4 Å². The number of hydrogen-bond acceptors (Lipinski definition) is 2. The van der Waals surface area contributed by atoms with Crippen molar-refractivity contribution < 1.29 is 4.79 Å². The summed E-state index contributed by atoms with van der Waals surface area (Å²) in [5, 5.41) is -0.0423. The fourth-order valence-electron chi connectivity index (χ4n) is 0.805. The average Bonchev–Trinajstić information content (AvgIpc) is 2.29. The lowest BCUT2D eigenvalue weighted by atomic mass is 10.5. The zero-order chi connectivity index (χ0) is 12.2. The van der Waals surface area contributed by atoms with Crippen LogP contribution in [-0.4, -0.2) is 29.0 Å². The van der Waals surface area contributed by atoms with Crippen molar-refractivity contribution in [2.45, 2.75) is 0 Å². The van der Waals surface area contributed by atoms with Gasteiger partial charge < -0.3 is 4.90 Å². The van der Waals surface area contributed by atoms with Crippen LogP contribution < -0.4 is 0 Å². The smallest absolute Gasteiger partial charge is 0.282 e. The van der Waals surface area contributed by atoms with Crippen LogP contribution in [0.25, 0.3) is 0 Å². The Bertz CT molecular complexity index is 265. The zero-order valence-electron chi connectivity index (χ0n) is 8.48. The minimum Gasteiger partial charge on any atom is -0.326 e. The summed E-state index contributed by atoms with van der Waals surface area (Å²) in [6.07, 6.45) is 5.09. The fourth-order valence-corrected chi connectivity index (χ4v) is 1.83. The van der Waals surface area contributed by atoms with Gasteiger partial charge in [-0.2, -0.15) is 0 Å². The highest BCUT2D eigenvalue weighted by atomic mass is 35.5. The summed E-state index contributed by atoms with van der Waals surface area (Å²) in [5.41, 5.74) is 4.16. The van der Waals surface area contributed by atoms with Gasteiger partial charge in [-0.05, 0) is 0 Å². The number of halogens is 3. The highest BCUT2D eigenvalue weighted by molar-refractivity contribution is 8.13. The second-order valence-corrected chi connectivity index (χ2v) is 4.29. The number of rotatable bonds is 6. The Balaban J connectivity index is 4.19. The maximum absolute atomic E-state index is 11.7. The predicted molar refractivity (Wildman–Crippen MR) is 74.4 cm³/mol. The summed E-state index contributed by atoms with van der Waals surface area (Å²) in [6.45, 7) is 0.919. The first-order chi connectivity index (χ1) is 7.76. The lowest BCUT2D eigenvalue weighted by Crippen LogP contribution is -2.28. The molecule has 0 aliphatic heterocycles. The molecule has 0 rings (SSSR count). The van der Waals surface area contributed by atoms with Crippen molar-refractivity contribution in [2.75, 3.05) is 18.8 Å². The summed E-state index contributed by atoms with van der Waals surface area (Å²) in [5.74, 6) is 0.550. The van der Waals surface area contributed by atoms with Crippen LogP contribution in [0.4, 0.5) is 4.79 Å². The van der Waals surface area contributed by atoms with Gasteiger partial charge in [0.15, 0.2) is 0 Å². The molecule has 0 bridgehead atoms. The number of carbonyl (C=O) groups excluding carboxylic acids is 1. The van der Waals surface area contributed by atoms with Crippen LogP contribution in [0.1, 0.15) is 0 Å². The molecule has 0 aromatic carbocycles. The van der Waals surface area contributed by atoms with Gasteiger partial charge in [0.2, 0.25) is 0 Å². The number of carbonyl (C=O) groups is 1. The molecule has 0 N–H and O–H groups in total. The first-order valence-corrected chi connectivity index (χ1v) is 6.73. The van der Waals surface area contributed by atoms with E-state index in [4.69, 9.17) is 34.8 Å². The van der Waals surface area contributed by atoms with E-state index in [9.17, 15) is 4.79 Å². The van der Waals surface area contributed by atoms with Crippen LogP contribution in [0.3, 0.4) is 0 Å². The molecule has 0 saturated heterocycles. The second kappa shape index (κ2) is 11.4. The van der Waals surface area contributed by atoms with Crippen LogP contribution in [-0.2, 0) is 0 Å². The van der Waals surface area contributed by atoms with E-state index >= 15 is 0 Å². The van der Waals surface area contributed by atoms with E-state index in [0.29, 0.717) is 18.8 Å². The van der Waals surface area contributed by atoms with E-state index in [2.05, 4.69) is 0 Å². The third-order valence-electron chi connectivity index (χ3n) is 1.48. The third kappa shape index (κ3) is 8.11. The summed E-state index contributed by atoms with van der Waals surface area (Å²) >= 11 is 17.4. The maximum atomic E-state index is 11.7. The summed E-state index contributed by atoms with van der Waals surface area (Å²) in [7, 11) is 0. The molecule has 0 aromatic rings. The average molecular weight is 301 g/mol. The Morgan fingerprint density at radius 2 is 1.50 bits per heavy atom. The van der Waals surface area contributed by atoms with Crippen molar-refractivity contribution in [1.82, 2.24) is 4.90 Å². The molecule has 0 aromatic heterocycles. The van der Waals surface area contributed by atoms with Crippen molar-refractivity contribution in [2.24, 2.45) is 0 Å². The monoisotopic (exact) mass is 299 g/mol. The zero-order valence-corrected chi connectivity index (χ0v) is 11.6. The molecular weight excluding hydrogens is 289 g/mol. The van der Waals surface area contributed by atoms with Crippen molar-refractivity contribution >= 4 is 51.8 Å². The quantitative estimate of drug-likeness (QED) is 0.724. The number of thioether (sulfide) groups is 1. The van der Waals surface area contributed by atoms with Gasteiger partial charge in [0.1, 0.15) is 0 Å². The van der Waals surface area contributed by atoms with Gasteiger partial charge in [-0.1, -0.05) is 64.8 Å². The predicted octanol–water partition coefficient (Wildman–Crippen LogP) is 4.40. The van der Waals surface area contributed by atoms with E-state index < -0.39 is 0 Å². The van der Waals surface area contributed by atoms with Crippen molar-refractivity contribution in [3.05, 3.63) is 34.8 Å². The van der Waals surface area contributed by atoms with Crippen LogP contribution >= 0.6 is 46.6 Å². The van der Waals surface area contributed by atoms with Gasteiger partial charge in [0.05, 0.1) is 0 Å². The van der Waals surface area contributed by atoms with Crippen LogP contribution in [0.15, 0.2) is 34.8 Å². The molecule has 2 nitrogen and oxygen atoms in total. The molecule has 0 radical (unpaired) electrons. The number of nitrogens with zero attached hydrogens (tertiary/aromatic N) is 1. The minimum absolute atomic E-state index is 0.0423. The Morgan fingerprint density at radius 3 is 1.94 bits per heavy atom. The van der Waals surface area contributed by atoms with E-state index in [0.717, 1.165) is 0 Å². The third-order valence-corrected chi connectivity index (χ3v) is 2.88.